The summed E-state index contributed by atoms with van der Waals surface area (Å²) in [7, 11) is 0. The second kappa shape index (κ2) is 1.62. The van der Waals surface area contributed by atoms with Crippen LogP contribution in [0.5, 0.6) is 5.75 Å². The highest BCUT2D eigenvalue weighted by Crippen LogP contribution is 2.16. The standard InChI is InChI=1S/C8H6O/c1-3-8-4-2-7(1)5-6-9-8/h1-6H. The summed E-state index contributed by atoms with van der Waals surface area (Å²) >= 11 is 0. The Morgan fingerprint density at radius 3 is 2.56 bits per heavy atom. The minimum atomic E-state index is 0.910. The lowest BCUT2D eigenvalue weighted by Crippen LogP contribution is -1.74. The quantitative estimate of drug-likeness (QED) is 0.506. The SMILES string of the molecule is C1=Cc2ccc(cc2)O1. The van der Waals surface area contributed by atoms with Crippen LogP contribution in [0.2, 0.25) is 0 Å². The van der Waals surface area contributed by atoms with Crippen LogP contribution in [0, 0.1) is 0 Å². The molecule has 0 unspecified atom stereocenters. The third-order valence-corrected chi connectivity index (χ3v) is 1.34. The van der Waals surface area contributed by atoms with E-state index in [9.17, 15) is 0 Å². The highest BCUT2D eigenvalue weighted by molar-refractivity contribution is 5.52. The van der Waals surface area contributed by atoms with Crippen molar-refractivity contribution in [2.24, 2.45) is 0 Å². The molecule has 0 saturated carbocycles. The van der Waals surface area contributed by atoms with Crippen molar-refractivity contribution in [2.75, 3.05) is 0 Å². The molecule has 0 spiro atoms. The lowest BCUT2D eigenvalue weighted by molar-refractivity contribution is 0.487. The Hall–Kier alpha value is -1.24. The maximum Gasteiger partial charge on any atom is 0.126 e. The molecule has 0 aromatic heterocycles. The van der Waals surface area contributed by atoms with Crippen LogP contribution in [0.25, 0.3) is 6.08 Å². The molecule has 0 N–H and O–H groups in total. The van der Waals surface area contributed by atoms with Crippen LogP contribution in [0.15, 0.2) is 30.5 Å². The summed E-state index contributed by atoms with van der Waals surface area (Å²) in [6.45, 7) is 0. The van der Waals surface area contributed by atoms with Gasteiger partial charge in [0.2, 0.25) is 0 Å². The first-order valence-corrected chi connectivity index (χ1v) is 2.88. The molecule has 2 bridgehead atoms. The summed E-state index contributed by atoms with van der Waals surface area (Å²) in [5.74, 6) is 0.910. The normalized spacial score (nSPS) is 12.9. The maximum absolute atomic E-state index is 5.14. The number of fused-ring (bicyclic) bond motifs is 3. The molecule has 0 fully saturated rings. The van der Waals surface area contributed by atoms with Crippen molar-refractivity contribution in [1.82, 2.24) is 0 Å². The topological polar surface area (TPSA) is 9.23 Å². The Kier molecular flexibility index (Phi) is 0.833. The van der Waals surface area contributed by atoms with Crippen LogP contribution >= 0.6 is 0 Å². The van der Waals surface area contributed by atoms with E-state index in [0.717, 1.165) is 5.75 Å². The van der Waals surface area contributed by atoms with E-state index in [0.29, 0.717) is 0 Å². The Labute approximate surface area is 53.6 Å². The maximum atomic E-state index is 5.14. The number of hydrogen-bond acceptors (Lipinski definition) is 1. The molecular formula is C8H6O. The summed E-state index contributed by atoms with van der Waals surface area (Å²) in [6.07, 6.45) is 3.64. The molecule has 2 aliphatic heterocycles. The number of benzene rings is 1. The lowest BCUT2D eigenvalue weighted by Gasteiger charge is -1.92. The van der Waals surface area contributed by atoms with Crippen molar-refractivity contribution < 1.29 is 4.74 Å². The van der Waals surface area contributed by atoms with E-state index < -0.39 is 0 Å². The monoisotopic (exact) mass is 118 g/mol. The van der Waals surface area contributed by atoms with Crippen molar-refractivity contribution in [3.63, 3.8) is 0 Å². The van der Waals surface area contributed by atoms with Gasteiger partial charge in [0, 0.05) is 0 Å². The molecule has 0 aliphatic carbocycles. The summed E-state index contributed by atoms with van der Waals surface area (Å²) in [4.78, 5) is 0. The van der Waals surface area contributed by atoms with Gasteiger partial charge in [0.1, 0.15) is 5.75 Å². The predicted octanol–water partition coefficient (Wildman–Crippen LogP) is 2.05. The summed E-state index contributed by atoms with van der Waals surface area (Å²) in [5, 5.41) is 0. The third kappa shape index (κ3) is 0.703. The Morgan fingerprint density at radius 2 is 1.78 bits per heavy atom. The van der Waals surface area contributed by atoms with Gasteiger partial charge in [0.15, 0.2) is 0 Å². The first-order chi connectivity index (χ1) is 4.45. The van der Waals surface area contributed by atoms with E-state index in [1.165, 1.54) is 5.56 Å². The average Bonchev–Trinajstić information content (AvgIpc) is 2.21. The zero-order chi connectivity index (χ0) is 6.10. The number of rotatable bonds is 0. The van der Waals surface area contributed by atoms with Crippen molar-refractivity contribution in [3.05, 3.63) is 36.1 Å². The fourth-order valence-electron chi connectivity index (χ4n) is 0.849. The molecule has 0 saturated heterocycles. The van der Waals surface area contributed by atoms with Crippen LogP contribution in [-0.2, 0) is 0 Å². The molecule has 9 heavy (non-hydrogen) atoms. The molecule has 44 valence electrons. The van der Waals surface area contributed by atoms with Crippen LogP contribution < -0.4 is 4.74 Å². The summed E-state index contributed by atoms with van der Waals surface area (Å²) in [6, 6.07) is 7.96. The largest absolute Gasteiger partial charge is 0.465 e. The van der Waals surface area contributed by atoms with Crippen LogP contribution in [0.1, 0.15) is 5.56 Å². The van der Waals surface area contributed by atoms with E-state index in [-0.39, 0.29) is 0 Å². The fraction of sp³-hybridized carbons (Fsp3) is 0. The molecule has 1 nitrogen and oxygen atoms in total. The van der Waals surface area contributed by atoms with Gasteiger partial charge in [-0.2, -0.15) is 0 Å². The van der Waals surface area contributed by atoms with Gasteiger partial charge in [-0.1, -0.05) is 12.1 Å². The van der Waals surface area contributed by atoms with E-state index in [1.54, 1.807) is 6.26 Å². The van der Waals surface area contributed by atoms with Crippen LogP contribution in [0.4, 0.5) is 0 Å². The lowest BCUT2D eigenvalue weighted by atomic mass is 10.2. The third-order valence-electron chi connectivity index (χ3n) is 1.34. The molecule has 1 heteroatoms. The Bertz CT molecular complexity index is 233. The van der Waals surface area contributed by atoms with Crippen LogP contribution in [0.3, 0.4) is 0 Å². The summed E-state index contributed by atoms with van der Waals surface area (Å²) < 4.78 is 5.14. The minimum absolute atomic E-state index is 0.910. The molecule has 3 rings (SSSR count). The molecule has 2 aliphatic rings. The molecule has 0 amide bonds. The molecular weight excluding hydrogens is 112 g/mol. The molecule has 0 atom stereocenters. The second-order valence-corrected chi connectivity index (χ2v) is 1.99. The van der Waals surface area contributed by atoms with Crippen LogP contribution in [-0.4, -0.2) is 0 Å². The molecule has 0 radical (unpaired) electrons. The second-order valence-electron chi connectivity index (χ2n) is 1.99. The number of hydrogen-bond donors (Lipinski definition) is 0. The first kappa shape index (κ1) is 4.62. The summed E-state index contributed by atoms with van der Waals surface area (Å²) in [5.41, 5.74) is 1.19. The fourth-order valence-corrected chi connectivity index (χ4v) is 0.849. The number of ether oxygens (including phenoxy) is 1. The first-order valence-electron chi connectivity index (χ1n) is 2.88. The van der Waals surface area contributed by atoms with E-state index >= 15 is 0 Å². The smallest absolute Gasteiger partial charge is 0.126 e. The zero-order valence-corrected chi connectivity index (χ0v) is 4.87. The molecule has 1 aromatic rings. The average molecular weight is 118 g/mol. The van der Waals surface area contributed by atoms with Gasteiger partial charge in [0.25, 0.3) is 0 Å². The minimum Gasteiger partial charge on any atom is -0.465 e. The zero-order valence-electron chi connectivity index (χ0n) is 4.87. The molecule has 2 heterocycles. The van der Waals surface area contributed by atoms with Crippen molar-refractivity contribution in [1.29, 1.82) is 0 Å². The highest BCUT2D eigenvalue weighted by atomic mass is 16.5. The van der Waals surface area contributed by atoms with Gasteiger partial charge >= 0.3 is 0 Å². The van der Waals surface area contributed by atoms with Crippen molar-refractivity contribution in [3.8, 4) is 5.75 Å². The Balaban J connectivity index is 2.67. The van der Waals surface area contributed by atoms with Crippen molar-refractivity contribution in [2.45, 2.75) is 0 Å². The Morgan fingerprint density at radius 1 is 1.00 bits per heavy atom. The van der Waals surface area contributed by atoms with E-state index in [2.05, 4.69) is 0 Å². The van der Waals surface area contributed by atoms with Gasteiger partial charge in [-0.3, -0.25) is 0 Å². The molecule has 1 aromatic carbocycles. The predicted molar refractivity (Wildman–Crippen MR) is 36.1 cm³/mol. The highest BCUT2D eigenvalue weighted by Gasteiger charge is 1.94. The van der Waals surface area contributed by atoms with Gasteiger partial charge < -0.3 is 4.74 Å². The van der Waals surface area contributed by atoms with Gasteiger partial charge in [0.05, 0.1) is 6.26 Å². The van der Waals surface area contributed by atoms with E-state index in [1.807, 2.05) is 30.3 Å². The van der Waals surface area contributed by atoms with Gasteiger partial charge in [-0.05, 0) is 23.8 Å². The van der Waals surface area contributed by atoms with Gasteiger partial charge in [-0.15, -0.1) is 0 Å². The van der Waals surface area contributed by atoms with Crippen molar-refractivity contribution >= 4 is 6.08 Å². The van der Waals surface area contributed by atoms with E-state index in [4.69, 9.17) is 4.74 Å². The van der Waals surface area contributed by atoms with Gasteiger partial charge in [-0.25, -0.2) is 0 Å².